The molecule has 0 unspecified atom stereocenters. The molecule has 0 aliphatic carbocycles. The van der Waals surface area contributed by atoms with Gasteiger partial charge in [0.2, 0.25) is 0 Å². The molecule has 0 aliphatic heterocycles. The Morgan fingerprint density at radius 1 is 1.13 bits per heavy atom. The number of ether oxygens (including phenoxy) is 1. The van der Waals surface area contributed by atoms with Crippen molar-refractivity contribution in [3.63, 3.8) is 0 Å². The zero-order chi connectivity index (χ0) is 16.9. The maximum atomic E-state index is 12.9. The minimum absolute atomic E-state index is 0.130. The zero-order valence-electron chi connectivity index (χ0n) is 13.8. The van der Waals surface area contributed by atoms with Crippen LogP contribution in [0.2, 0.25) is 0 Å². The van der Waals surface area contributed by atoms with Crippen molar-refractivity contribution < 1.29 is 14.6 Å². The van der Waals surface area contributed by atoms with Gasteiger partial charge in [-0.2, -0.15) is 0 Å². The summed E-state index contributed by atoms with van der Waals surface area (Å²) in [5, 5.41) is 10.1. The van der Waals surface area contributed by atoms with E-state index in [1.165, 1.54) is 0 Å². The molecule has 4 heteroatoms. The van der Waals surface area contributed by atoms with E-state index >= 15 is 0 Å². The topological polar surface area (TPSA) is 49.8 Å². The number of hydrogen-bond donors (Lipinski definition) is 1. The molecule has 0 heterocycles. The molecule has 0 atom stereocenters. The number of aliphatic hydroxyl groups is 1. The van der Waals surface area contributed by atoms with Crippen LogP contribution in [0, 0.1) is 0 Å². The monoisotopic (exact) mass is 313 g/mol. The van der Waals surface area contributed by atoms with Gasteiger partial charge in [0.05, 0.1) is 12.7 Å². The van der Waals surface area contributed by atoms with E-state index in [0.717, 1.165) is 5.56 Å². The second-order valence-corrected chi connectivity index (χ2v) is 6.19. The van der Waals surface area contributed by atoms with Gasteiger partial charge in [0, 0.05) is 18.7 Å². The number of amides is 1. The summed E-state index contributed by atoms with van der Waals surface area (Å²) in [5.41, 5.74) is 0.598. The van der Waals surface area contributed by atoms with E-state index in [-0.39, 0.29) is 12.5 Å². The summed E-state index contributed by atoms with van der Waals surface area (Å²) >= 11 is 0. The van der Waals surface area contributed by atoms with Crippen LogP contribution in [0.5, 0.6) is 5.75 Å². The molecule has 2 rings (SSSR count). The first kappa shape index (κ1) is 17.0. The molecule has 0 spiro atoms. The van der Waals surface area contributed by atoms with Crippen molar-refractivity contribution >= 4 is 5.91 Å². The van der Waals surface area contributed by atoms with Crippen LogP contribution in [-0.4, -0.2) is 35.2 Å². The third-order valence-electron chi connectivity index (χ3n) is 3.40. The van der Waals surface area contributed by atoms with Crippen LogP contribution in [0.3, 0.4) is 0 Å². The van der Waals surface area contributed by atoms with E-state index < -0.39 is 5.60 Å². The summed E-state index contributed by atoms with van der Waals surface area (Å²) < 4.78 is 5.18. The molecule has 1 N–H and O–H groups in total. The fourth-order valence-electron chi connectivity index (χ4n) is 2.41. The molecular weight excluding hydrogens is 290 g/mol. The highest BCUT2D eigenvalue weighted by Crippen LogP contribution is 2.18. The number of carbonyl (C=O) groups excluding carboxylic acids is 1. The van der Waals surface area contributed by atoms with Gasteiger partial charge >= 0.3 is 0 Å². The largest absolute Gasteiger partial charge is 0.497 e. The van der Waals surface area contributed by atoms with Gasteiger partial charge < -0.3 is 14.7 Å². The van der Waals surface area contributed by atoms with E-state index in [9.17, 15) is 9.90 Å². The Morgan fingerprint density at radius 3 is 2.43 bits per heavy atom. The highest BCUT2D eigenvalue weighted by atomic mass is 16.5. The first-order valence-electron chi connectivity index (χ1n) is 7.59. The fourth-order valence-corrected chi connectivity index (χ4v) is 2.41. The number of nitrogens with zero attached hydrogens (tertiary/aromatic N) is 1. The van der Waals surface area contributed by atoms with Gasteiger partial charge in [-0.25, -0.2) is 0 Å². The second-order valence-electron chi connectivity index (χ2n) is 6.19. The Bertz CT molecular complexity index is 647. The average Bonchev–Trinajstić information content (AvgIpc) is 2.53. The van der Waals surface area contributed by atoms with Crippen molar-refractivity contribution in [1.82, 2.24) is 4.90 Å². The molecule has 1 amide bonds. The van der Waals surface area contributed by atoms with Crippen molar-refractivity contribution in [3.05, 3.63) is 65.7 Å². The lowest BCUT2D eigenvalue weighted by Gasteiger charge is -2.29. The first-order valence-corrected chi connectivity index (χ1v) is 7.59. The Labute approximate surface area is 137 Å². The maximum absolute atomic E-state index is 12.9. The first-order chi connectivity index (χ1) is 10.9. The minimum Gasteiger partial charge on any atom is -0.497 e. The number of carbonyl (C=O) groups is 1. The molecule has 0 bridgehead atoms. The summed E-state index contributed by atoms with van der Waals surface area (Å²) in [6.45, 7) is 4.09. The van der Waals surface area contributed by atoms with Gasteiger partial charge in [-0.15, -0.1) is 0 Å². The molecule has 23 heavy (non-hydrogen) atoms. The molecule has 0 aromatic heterocycles. The van der Waals surface area contributed by atoms with Crippen molar-refractivity contribution in [3.8, 4) is 5.75 Å². The smallest absolute Gasteiger partial charge is 0.254 e. The standard InChI is InChI=1S/C19H23NO3/c1-19(2,22)14-20(13-15-8-5-4-6-9-15)18(21)16-10-7-11-17(12-16)23-3/h4-12,22H,13-14H2,1-3H3. The highest BCUT2D eigenvalue weighted by Gasteiger charge is 2.24. The molecule has 0 saturated carbocycles. The van der Waals surface area contributed by atoms with Crippen LogP contribution in [0.4, 0.5) is 0 Å². The third-order valence-corrected chi connectivity index (χ3v) is 3.40. The summed E-state index contributed by atoms with van der Waals surface area (Å²) in [6.07, 6.45) is 0. The summed E-state index contributed by atoms with van der Waals surface area (Å²) in [4.78, 5) is 14.5. The van der Waals surface area contributed by atoms with E-state index in [2.05, 4.69) is 0 Å². The van der Waals surface area contributed by atoms with E-state index in [1.807, 2.05) is 30.3 Å². The molecule has 0 aliphatic rings. The van der Waals surface area contributed by atoms with Crippen LogP contribution in [0.1, 0.15) is 29.8 Å². The Morgan fingerprint density at radius 2 is 1.83 bits per heavy atom. The maximum Gasteiger partial charge on any atom is 0.254 e. The zero-order valence-corrected chi connectivity index (χ0v) is 13.8. The molecule has 4 nitrogen and oxygen atoms in total. The van der Waals surface area contributed by atoms with Crippen molar-refractivity contribution in [2.75, 3.05) is 13.7 Å². The molecule has 0 fully saturated rings. The predicted octanol–water partition coefficient (Wildman–Crippen LogP) is 3.11. The number of hydrogen-bond acceptors (Lipinski definition) is 3. The van der Waals surface area contributed by atoms with Crippen LogP contribution in [0.25, 0.3) is 0 Å². The van der Waals surface area contributed by atoms with E-state index in [1.54, 1.807) is 50.1 Å². The minimum atomic E-state index is -0.969. The average molecular weight is 313 g/mol. The Kier molecular flexibility index (Phi) is 5.40. The van der Waals surface area contributed by atoms with Gasteiger partial charge in [-0.3, -0.25) is 4.79 Å². The third kappa shape index (κ3) is 5.11. The van der Waals surface area contributed by atoms with Crippen molar-refractivity contribution in [1.29, 1.82) is 0 Å². The van der Waals surface area contributed by atoms with Gasteiger partial charge in [-0.05, 0) is 37.6 Å². The lowest BCUT2D eigenvalue weighted by Crippen LogP contribution is -2.41. The van der Waals surface area contributed by atoms with Gasteiger partial charge in [0.25, 0.3) is 5.91 Å². The van der Waals surface area contributed by atoms with Crippen molar-refractivity contribution in [2.45, 2.75) is 26.0 Å². The summed E-state index contributed by atoms with van der Waals surface area (Å²) in [6, 6.07) is 16.8. The van der Waals surface area contributed by atoms with E-state index in [0.29, 0.717) is 17.9 Å². The quantitative estimate of drug-likeness (QED) is 0.891. The van der Waals surface area contributed by atoms with E-state index in [4.69, 9.17) is 4.74 Å². The van der Waals surface area contributed by atoms with Gasteiger partial charge in [0.1, 0.15) is 5.75 Å². The second kappa shape index (κ2) is 7.29. The van der Waals surface area contributed by atoms with Gasteiger partial charge in [0.15, 0.2) is 0 Å². The number of benzene rings is 2. The predicted molar refractivity (Wildman–Crippen MR) is 90.5 cm³/mol. The highest BCUT2D eigenvalue weighted by molar-refractivity contribution is 5.94. The molecule has 0 saturated heterocycles. The van der Waals surface area contributed by atoms with Crippen LogP contribution >= 0.6 is 0 Å². The molecular formula is C19H23NO3. The molecule has 2 aromatic rings. The summed E-state index contributed by atoms with van der Waals surface area (Å²) in [7, 11) is 1.57. The summed E-state index contributed by atoms with van der Waals surface area (Å²) in [5.74, 6) is 0.508. The molecule has 2 aromatic carbocycles. The fraction of sp³-hybridized carbons (Fsp3) is 0.316. The van der Waals surface area contributed by atoms with Crippen LogP contribution in [-0.2, 0) is 6.54 Å². The molecule has 0 radical (unpaired) electrons. The SMILES string of the molecule is COc1cccc(C(=O)N(Cc2ccccc2)CC(C)(C)O)c1. The number of methoxy groups -OCH3 is 1. The number of rotatable bonds is 6. The normalized spacial score (nSPS) is 11.1. The van der Waals surface area contributed by atoms with Crippen molar-refractivity contribution in [2.24, 2.45) is 0 Å². The van der Waals surface area contributed by atoms with Gasteiger partial charge in [-0.1, -0.05) is 36.4 Å². The Hall–Kier alpha value is -2.33. The molecule has 122 valence electrons. The Balaban J connectivity index is 2.26. The lowest BCUT2D eigenvalue weighted by molar-refractivity contribution is 0.0280. The lowest BCUT2D eigenvalue weighted by atomic mass is 10.1. The van der Waals surface area contributed by atoms with Crippen LogP contribution in [0.15, 0.2) is 54.6 Å². The van der Waals surface area contributed by atoms with Crippen LogP contribution < -0.4 is 4.74 Å².